The quantitative estimate of drug-likeness (QED) is 0.209. The van der Waals surface area contributed by atoms with Crippen molar-refractivity contribution >= 4 is 16.9 Å². The first-order valence-corrected chi connectivity index (χ1v) is 11.5. The molecule has 0 radical (unpaired) electrons. The molecule has 3 aromatic carbocycles. The second-order valence-electron chi connectivity index (χ2n) is 8.89. The summed E-state index contributed by atoms with van der Waals surface area (Å²) in [4.78, 5) is 25.8. The van der Waals surface area contributed by atoms with Crippen molar-refractivity contribution in [2.45, 2.75) is 19.3 Å². The van der Waals surface area contributed by atoms with Crippen molar-refractivity contribution in [2.24, 2.45) is 0 Å². The smallest absolute Gasteiger partial charge is 0.312 e. The number of phenols is 2. The minimum atomic E-state index is -0.580. The molecule has 0 aliphatic carbocycles. The number of phenolic OH excluding ortho intramolecular Hbond substituents is 2. The molecule has 0 saturated heterocycles. The van der Waals surface area contributed by atoms with E-state index in [0.717, 1.165) is 5.57 Å². The molecule has 1 aromatic heterocycles. The number of ether oxygens (including phenoxy) is 3. The van der Waals surface area contributed by atoms with Crippen molar-refractivity contribution in [3.63, 3.8) is 0 Å². The Labute approximate surface area is 212 Å². The monoisotopic (exact) mass is 500 g/mol. The highest BCUT2D eigenvalue weighted by Crippen LogP contribution is 2.48. The molecule has 1 atom stereocenters. The first kappa shape index (κ1) is 24.0. The lowest BCUT2D eigenvalue weighted by molar-refractivity contribution is -0.135. The van der Waals surface area contributed by atoms with E-state index >= 15 is 0 Å². The molecular formula is C29H24O8. The number of hydrogen-bond donors (Lipinski definition) is 2. The van der Waals surface area contributed by atoms with Crippen LogP contribution in [0, 0.1) is 0 Å². The lowest BCUT2D eigenvalue weighted by atomic mass is 9.84. The molecule has 37 heavy (non-hydrogen) atoms. The summed E-state index contributed by atoms with van der Waals surface area (Å²) >= 11 is 0. The fourth-order valence-corrected chi connectivity index (χ4v) is 4.51. The normalized spacial score (nSPS) is 14.6. The predicted octanol–water partition coefficient (Wildman–Crippen LogP) is 5.28. The van der Waals surface area contributed by atoms with Crippen LogP contribution in [0.25, 0.3) is 22.3 Å². The Morgan fingerprint density at radius 2 is 1.84 bits per heavy atom. The largest absolute Gasteiger partial charge is 0.507 e. The molecule has 188 valence electrons. The maximum Gasteiger partial charge on any atom is 0.312 e. The fourth-order valence-electron chi connectivity index (χ4n) is 4.51. The van der Waals surface area contributed by atoms with E-state index in [1.54, 1.807) is 18.2 Å². The molecule has 0 saturated carbocycles. The van der Waals surface area contributed by atoms with Crippen LogP contribution < -0.4 is 19.6 Å². The van der Waals surface area contributed by atoms with E-state index < -0.39 is 17.3 Å². The number of aromatic hydroxyl groups is 2. The molecule has 1 aliphatic heterocycles. The molecule has 2 heterocycles. The number of methoxy groups -OCH3 is 1. The van der Waals surface area contributed by atoms with Gasteiger partial charge in [-0.1, -0.05) is 24.8 Å². The molecule has 5 rings (SSSR count). The standard InChI is InChI=1S/C29H24O8/c1-15(2)14-35-22-7-5-4-6-17(22)18-11-26(33)36-25-13-21(32)28-20(31)12-24(37-29(28)27(18)25)16-8-9-23(34-3)19(30)10-16/h4-10,12-13,18,30,32H,1,11,14H2,2-3H3/t18-/m0/s1. The van der Waals surface area contributed by atoms with Crippen molar-refractivity contribution < 1.29 is 33.6 Å². The van der Waals surface area contributed by atoms with E-state index in [1.165, 1.54) is 25.3 Å². The summed E-state index contributed by atoms with van der Waals surface area (Å²) in [7, 11) is 1.43. The first-order chi connectivity index (χ1) is 17.8. The number of esters is 1. The zero-order chi connectivity index (χ0) is 26.3. The summed E-state index contributed by atoms with van der Waals surface area (Å²) < 4.78 is 22.7. The van der Waals surface area contributed by atoms with Crippen molar-refractivity contribution in [1.82, 2.24) is 0 Å². The summed E-state index contributed by atoms with van der Waals surface area (Å²) in [6.45, 7) is 6.01. The maximum absolute atomic E-state index is 13.2. The van der Waals surface area contributed by atoms with Gasteiger partial charge in [0.1, 0.15) is 40.6 Å². The molecule has 8 heteroatoms. The van der Waals surface area contributed by atoms with Gasteiger partial charge in [-0.2, -0.15) is 0 Å². The van der Waals surface area contributed by atoms with Crippen molar-refractivity contribution in [3.05, 3.63) is 88.1 Å². The van der Waals surface area contributed by atoms with Gasteiger partial charge in [0.2, 0.25) is 0 Å². The molecule has 0 unspecified atom stereocenters. The van der Waals surface area contributed by atoms with Crippen LogP contribution in [0.15, 0.2) is 76.0 Å². The zero-order valence-electron chi connectivity index (χ0n) is 20.2. The van der Waals surface area contributed by atoms with Crippen LogP contribution in [-0.4, -0.2) is 29.9 Å². The van der Waals surface area contributed by atoms with Crippen LogP contribution in [0.1, 0.15) is 30.4 Å². The van der Waals surface area contributed by atoms with Crippen LogP contribution in [0.5, 0.6) is 28.7 Å². The summed E-state index contributed by atoms with van der Waals surface area (Å²) in [5.41, 5.74) is 1.98. The SMILES string of the molecule is C=C(C)COc1ccccc1[C@@H]1CC(=O)Oc2cc(O)c3c(=O)cc(-c4ccc(OC)c(O)c4)oc3c21. The Bertz CT molecular complexity index is 1610. The van der Waals surface area contributed by atoms with Gasteiger partial charge in [-0.3, -0.25) is 9.59 Å². The van der Waals surface area contributed by atoms with Crippen molar-refractivity contribution in [2.75, 3.05) is 13.7 Å². The Morgan fingerprint density at radius 3 is 2.57 bits per heavy atom. The van der Waals surface area contributed by atoms with E-state index in [-0.39, 0.29) is 52.8 Å². The third-order valence-corrected chi connectivity index (χ3v) is 6.16. The van der Waals surface area contributed by atoms with Gasteiger partial charge >= 0.3 is 5.97 Å². The van der Waals surface area contributed by atoms with Gasteiger partial charge in [0.25, 0.3) is 0 Å². The lowest BCUT2D eigenvalue weighted by Crippen LogP contribution is -2.22. The molecule has 2 N–H and O–H groups in total. The summed E-state index contributed by atoms with van der Waals surface area (Å²) in [5, 5.41) is 20.9. The van der Waals surface area contributed by atoms with Crippen LogP contribution in [-0.2, 0) is 4.79 Å². The Balaban J connectivity index is 1.76. The average Bonchev–Trinajstić information content (AvgIpc) is 2.86. The molecule has 0 fully saturated rings. The van der Waals surface area contributed by atoms with E-state index in [9.17, 15) is 19.8 Å². The van der Waals surface area contributed by atoms with Gasteiger partial charge in [-0.25, -0.2) is 0 Å². The number of fused-ring (bicyclic) bond motifs is 3. The minimum absolute atomic E-state index is 0.0302. The van der Waals surface area contributed by atoms with Gasteiger partial charge in [-0.05, 0) is 36.8 Å². The van der Waals surface area contributed by atoms with Crippen LogP contribution in [0.4, 0.5) is 0 Å². The second-order valence-corrected chi connectivity index (χ2v) is 8.89. The highest BCUT2D eigenvalue weighted by atomic mass is 16.5. The van der Waals surface area contributed by atoms with E-state index in [4.69, 9.17) is 18.6 Å². The van der Waals surface area contributed by atoms with E-state index in [0.29, 0.717) is 22.4 Å². The molecule has 4 aromatic rings. The Morgan fingerprint density at radius 1 is 1.05 bits per heavy atom. The maximum atomic E-state index is 13.2. The van der Waals surface area contributed by atoms with E-state index in [2.05, 4.69) is 6.58 Å². The highest BCUT2D eigenvalue weighted by molar-refractivity contribution is 5.93. The fraction of sp³-hybridized carbons (Fsp3) is 0.172. The third kappa shape index (κ3) is 4.38. The average molecular weight is 501 g/mol. The molecule has 1 aliphatic rings. The minimum Gasteiger partial charge on any atom is -0.507 e. The number of carbonyl (C=O) groups is 1. The zero-order valence-corrected chi connectivity index (χ0v) is 20.2. The van der Waals surface area contributed by atoms with Gasteiger partial charge in [-0.15, -0.1) is 0 Å². The summed E-state index contributed by atoms with van der Waals surface area (Å²) in [6, 6.07) is 14.4. The summed E-state index contributed by atoms with van der Waals surface area (Å²) in [6.07, 6.45) is -0.0302. The van der Waals surface area contributed by atoms with Crippen LogP contribution in [0.3, 0.4) is 0 Å². The Hall–Kier alpha value is -4.72. The van der Waals surface area contributed by atoms with Crippen LogP contribution >= 0.6 is 0 Å². The highest BCUT2D eigenvalue weighted by Gasteiger charge is 2.35. The summed E-state index contributed by atoms with van der Waals surface area (Å²) in [5.74, 6) is -0.503. The van der Waals surface area contributed by atoms with Crippen molar-refractivity contribution in [3.8, 4) is 40.1 Å². The van der Waals surface area contributed by atoms with Gasteiger partial charge in [0, 0.05) is 34.7 Å². The van der Waals surface area contributed by atoms with Gasteiger partial charge < -0.3 is 28.8 Å². The number of para-hydroxylation sites is 1. The second kappa shape index (κ2) is 9.39. The number of rotatable bonds is 6. The molecular weight excluding hydrogens is 476 g/mol. The lowest BCUT2D eigenvalue weighted by Gasteiger charge is -2.27. The molecule has 0 amide bonds. The van der Waals surface area contributed by atoms with E-state index in [1.807, 2.05) is 25.1 Å². The molecule has 0 spiro atoms. The molecule has 0 bridgehead atoms. The van der Waals surface area contributed by atoms with Gasteiger partial charge in [0.05, 0.1) is 13.5 Å². The predicted molar refractivity (Wildman–Crippen MR) is 137 cm³/mol. The number of carbonyl (C=O) groups excluding carboxylic acids is 1. The number of benzene rings is 3. The molecule has 8 nitrogen and oxygen atoms in total. The Kier molecular flexibility index (Phi) is 6.09. The topological polar surface area (TPSA) is 115 Å². The van der Waals surface area contributed by atoms with Gasteiger partial charge in [0.15, 0.2) is 16.9 Å². The first-order valence-electron chi connectivity index (χ1n) is 11.5. The van der Waals surface area contributed by atoms with Crippen LogP contribution in [0.2, 0.25) is 0 Å². The third-order valence-electron chi connectivity index (χ3n) is 6.16. The van der Waals surface area contributed by atoms with Crippen molar-refractivity contribution in [1.29, 1.82) is 0 Å². The number of hydrogen-bond acceptors (Lipinski definition) is 8.